The zero-order valence-electron chi connectivity index (χ0n) is 17.7. The van der Waals surface area contributed by atoms with E-state index in [-0.39, 0.29) is 30.8 Å². The fourth-order valence-electron chi connectivity index (χ4n) is 2.94. The van der Waals surface area contributed by atoms with Gasteiger partial charge in [-0.3, -0.25) is 9.59 Å². The molecular weight excluding hydrogens is 407 g/mol. The first-order valence-electron chi connectivity index (χ1n) is 9.84. The largest absolute Gasteiger partial charge is 0.484 e. The molecule has 30 heavy (non-hydrogen) atoms. The molecule has 1 N–H and O–H groups in total. The van der Waals surface area contributed by atoms with Crippen LogP contribution < -0.4 is 10.1 Å². The molecule has 0 saturated heterocycles. The van der Waals surface area contributed by atoms with Crippen molar-refractivity contribution in [1.82, 2.24) is 10.2 Å². The summed E-state index contributed by atoms with van der Waals surface area (Å²) in [5.41, 5.74) is 0.296. The minimum Gasteiger partial charge on any atom is -0.484 e. The van der Waals surface area contributed by atoms with Gasteiger partial charge in [-0.2, -0.15) is 0 Å². The number of nitrogens with zero attached hydrogens (tertiary/aromatic N) is 1. The van der Waals surface area contributed by atoms with Gasteiger partial charge in [-0.05, 0) is 63.1 Å². The van der Waals surface area contributed by atoms with Gasteiger partial charge in [0, 0.05) is 17.1 Å². The number of rotatable bonds is 8. The van der Waals surface area contributed by atoms with Gasteiger partial charge < -0.3 is 15.0 Å². The van der Waals surface area contributed by atoms with Gasteiger partial charge in [0.05, 0.1) is 0 Å². The van der Waals surface area contributed by atoms with Crippen LogP contribution in [0.25, 0.3) is 0 Å². The van der Waals surface area contributed by atoms with Crippen molar-refractivity contribution in [1.29, 1.82) is 0 Å². The van der Waals surface area contributed by atoms with Gasteiger partial charge in [0.1, 0.15) is 17.6 Å². The summed E-state index contributed by atoms with van der Waals surface area (Å²) in [5.74, 6) is -0.629. The molecular formula is C23H28ClFN2O3. The number of carbonyl (C=O) groups excluding carboxylic acids is 2. The lowest BCUT2D eigenvalue weighted by Crippen LogP contribution is -2.54. The monoisotopic (exact) mass is 434 g/mol. The highest BCUT2D eigenvalue weighted by molar-refractivity contribution is 6.31. The van der Waals surface area contributed by atoms with Crippen LogP contribution in [-0.4, -0.2) is 34.9 Å². The SMILES string of the molecule is CC[C@H](C(=O)NC(C)(C)C)N(Cc1ccccc1Cl)C(=O)COc1ccc(F)cc1. The summed E-state index contributed by atoms with van der Waals surface area (Å²) in [7, 11) is 0. The average Bonchev–Trinajstić information content (AvgIpc) is 2.67. The lowest BCUT2D eigenvalue weighted by molar-refractivity contribution is -0.143. The van der Waals surface area contributed by atoms with Crippen LogP contribution in [0.2, 0.25) is 5.02 Å². The number of hydrogen-bond acceptors (Lipinski definition) is 3. The van der Waals surface area contributed by atoms with E-state index in [4.69, 9.17) is 16.3 Å². The fraction of sp³-hybridized carbons (Fsp3) is 0.391. The third kappa shape index (κ3) is 7.02. The molecule has 0 aliphatic rings. The van der Waals surface area contributed by atoms with E-state index < -0.39 is 11.6 Å². The highest BCUT2D eigenvalue weighted by atomic mass is 35.5. The topological polar surface area (TPSA) is 58.6 Å². The summed E-state index contributed by atoms with van der Waals surface area (Å²) in [6.07, 6.45) is 0.425. The Morgan fingerprint density at radius 3 is 2.33 bits per heavy atom. The lowest BCUT2D eigenvalue weighted by atomic mass is 10.1. The van der Waals surface area contributed by atoms with Crippen LogP contribution >= 0.6 is 11.6 Å². The summed E-state index contributed by atoms with van der Waals surface area (Å²) < 4.78 is 18.6. The van der Waals surface area contributed by atoms with Gasteiger partial charge in [-0.25, -0.2) is 4.39 Å². The Kier molecular flexibility index (Phi) is 8.24. The number of benzene rings is 2. The number of halogens is 2. The summed E-state index contributed by atoms with van der Waals surface area (Å²) in [5, 5.41) is 3.45. The van der Waals surface area contributed by atoms with E-state index in [2.05, 4.69) is 5.32 Å². The molecule has 5 nitrogen and oxygen atoms in total. The Hall–Kier alpha value is -2.60. The van der Waals surface area contributed by atoms with Crippen LogP contribution in [0.3, 0.4) is 0 Å². The van der Waals surface area contributed by atoms with E-state index >= 15 is 0 Å². The molecule has 7 heteroatoms. The molecule has 0 aromatic heterocycles. The molecule has 0 aliphatic carbocycles. The molecule has 1 atom stereocenters. The Morgan fingerprint density at radius 2 is 1.77 bits per heavy atom. The second kappa shape index (κ2) is 10.4. The smallest absolute Gasteiger partial charge is 0.261 e. The summed E-state index contributed by atoms with van der Waals surface area (Å²) in [6, 6.07) is 11.9. The van der Waals surface area contributed by atoms with Crippen molar-refractivity contribution in [3.8, 4) is 5.75 Å². The van der Waals surface area contributed by atoms with Crippen molar-refractivity contribution in [2.75, 3.05) is 6.61 Å². The van der Waals surface area contributed by atoms with Crippen molar-refractivity contribution < 1.29 is 18.7 Å². The zero-order valence-corrected chi connectivity index (χ0v) is 18.5. The molecule has 0 unspecified atom stereocenters. The van der Waals surface area contributed by atoms with Crippen LogP contribution in [0.15, 0.2) is 48.5 Å². The summed E-state index contributed by atoms with van der Waals surface area (Å²) >= 11 is 6.29. The van der Waals surface area contributed by atoms with E-state index in [9.17, 15) is 14.0 Å². The Balaban J connectivity index is 2.24. The zero-order chi connectivity index (χ0) is 22.3. The van der Waals surface area contributed by atoms with Gasteiger partial charge >= 0.3 is 0 Å². The standard InChI is InChI=1S/C23H28ClFN2O3/c1-5-20(22(29)26-23(2,3)4)27(14-16-8-6-7-9-19(16)24)21(28)15-30-18-12-10-17(25)11-13-18/h6-13,20H,5,14-15H2,1-4H3,(H,26,29)/t20-/m1/s1. The van der Waals surface area contributed by atoms with Crippen LogP contribution in [0.4, 0.5) is 4.39 Å². The molecule has 162 valence electrons. The first kappa shape index (κ1) is 23.7. The maximum atomic E-state index is 13.1. The molecule has 0 heterocycles. The Bertz CT molecular complexity index is 865. The second-order valence-electron chi connectivity index (χ2n) is 8.02. The van der Waals surface area contributed by atoms with Gasteiger partial charge in [0.2, 0.25) is 5.91 Å². The van der Waals surface area contributed by atoms with Crippen LogP contribution in [0.1, 0.15) is 39.7 Å². The Labute approximate surface area is 182 Å². The Morgan fingerprint density at radius 1 is 1.13 bits per heavy atom. The second-order valence-corrected chi connectivity index (χ2v) is 8.43. The molecule has 0 fully saturated rings. The third-order valence-electron chi connectivity index (χ3n) is 4.36. The first-order valence-corrected chi connectivity index (χ1v) is 10.2. The van der Waals surface area contributed by atoms with Crippen molar-refractivity contribution in [3.63, 3.8) is 0 Å². The molecule has 0 radical (unpaired) electrons. The highest BCUT2D eigenvalue weighted by Gasteiger charge is 2.31. The maximum Gasteiger partial charge on any atom is 0.261 e. The molecule has 2 rings (SSSR count). The number of carbonyl (C=O) groups is 2. The summed E-state index contributed by atoms with van der Waals surface area (Å²) in [4.78, 5) is 27.5. The molecule has 2 aromatic carbocycles. The van der Waals surface area contributed by atoms with Crippen LogP contribution in [0.5, 0.6) is 5.75 Å². The van der Waals surface area contributed by atoms with Crippen LogP contribution in [-0.2, 0) is 16.1 Å². The molecule has 2 aromatic rings. The number of hydrogen-bond donors (Lipinski definition) is 1. The van der Waals surface area contributed by atoms with Gasteiger partial charge in [0.25, 0.3) is 5.91 Å². The van der Waals surface area contributed by atoms with E-state index in [0.717, 1.165) is 5.56 Å². The maximum absolute atomic E-state index is 13.1. The van der Waals surface area contributed by atoms with Crippen molar-refractivity contribution >= 4 is 23.4 Å². The molecule has 0 saturated carbocycles. The van der Waals surface area contributed by atoms with Gasteiger partial charge in [-0.15, -0.1) is 0 Å². The van der Waals surface area contributed by atoms with E-state index in [1.165, 1.54) is 29.2 Å². The minimum atomic E-state index is -0.690. The predicted molar refractivity (Wildman–Crippen MR) is 116 cm³/mol. The summed E-state index contributed by atoms with van der Waals surface area (Å²) in [6.45, 7) is 7.39. The van der Waals surface area contributed by atoms with E-state index in [1.54, 1.807) is 12.1 Å². The van der Waals surface area contributed by atoms with Gasteiger partial charge in [0.15, 0.2) is 6.61 Å². The first-order chi connectivity index (χ1) is 14.1. The average molecular weight is 435 g/mol. The normalized spacial score (nSPS) is 12.2. The van der Waals surface area contributed by atoms with Gasteiger partial charge in [-0.1, -0.05) is 36.7 Å². The number of amides is 2. The minimum absolute atomic E-state index is 0.168. The molecule has 0 aliphatic heterocycles. The van der Waals surface area contributed by atoms with E-state index in [1.807, 2.05) is 39.8 Å². The third-order valence-corrected chi connectivity index (χ3v) is 4.73. The van der Waals surface area contributed by atoms with Crippen molar-refractivity contribution in [2.45, 2.75) is 52.2 Å². The molecule has 2 amide bonds. The van der Waals surface area contributed by atoms with Crippen LogP contribution in [0, 0.1) is 5.82 Å². The quantitative estimate of drug-likeness (QED) is 0.661. The molecule has 0 spiro atoms. The van der Waals surface area contributed by atoms with Crippen molar-refractivity contribution in [3.05, 3.63) is 64.9 Å². The predicted octanol–water partition coefficient (Wildman–Crippen LogP) is 4.58. The van der Waals surface area contributed by atoms with Crippen molar-refractivity contribution in [2.24, 2.45) is 0 Å². The molecule has 0 bridgehead atoms. The highest BCUT2D eigenvalue weighted by Crippen LogP contribution is 2.20. The fourth-order valence-corrected chi connectivity index (χ4v) is 3.14. The lowest BCUT2D eigenvalue weighted by Gasteiger charge is -2.33. The number of nitrogens with one attached hydrogen (secondary N) is 1. The van der Waals surface area contributed by atoms with E-state index in [0.29, 0.717) is 17.2 Å². The number of ether oxygens (including phenoxy) is 1.